The summed E-state index contributed by atoms with van der Waals surface area (Å²) >= 11 is 0. The Morgan fingerprint density at radius 1 is 1.82 bits per heavy atom. The topological polar surface area (TPSA) is 44.1 Å². The predicted octanol–water partition coefficient (Wildman–Crippen LogP) is 0.342. The lowest BCUT2D eigenvalue weighted by Gasteiger charge is -1.97. The SMILES string of the molecule is COCCn1ccc(C=O)n1. The summed E-state index contributed by atoms with van der Waals surface area (Å²) in [5.74, 6) is 0. The number of carbonyl (C=O) groups is 1. The number of rotatable bonds is 4. The molecule has 0 aliphatic rings. The lowest BCUT2D eigenvalue weighted by atomic mass is 10.5. The minimum Gasteiger partial charge on any atom is -0.383 e. The van der Waals surface area contributed by atoms with E-state index in [1.807, 2.05) is 0 Å². The van der Waals surface area contributed by atoms with E-state index in [0.29, 0.717) is 18.8 Å². The number of ether oxygens (including phenoxy) is 1. The normalized spacial score (nSPS) is 9.91. The van der Waals surface area contributed by atoms with Gasteiger partial charge in [0.15, 0.2) is 6.29 Å². The maximum Gasteiger partial charge on any atom is 0.170 e. The van der Waals surface area contributed by atoms with Crippen molar-refractivity contribution in [2.45, 2.75) is 6.54 Å². The second kappa shape index (κ2) is 3.88. The molecule has 0 unspecified atom stereocenters. The van der Waals surface area contributed by atoms with Crippen molar-refractivity contribution in [3.63, 3.8) is 0 Å². The third-order valence-corrected chi connectivity index (χ3v) is 1.31. The number of aldehydes is 1. The Morgan fingerprint density at radius 2 is 2.64 bits per heavy atom. The van der Waals surface area contributed by atoms with Crippen molar-refractivity contribution in [2.75, 3.05) is 13.7 Å². The van der Waals surface area contributed by atoms with Crippen LogP contribution in [0.5, 0.6) is 0 Å². The van der Waals surface area contributed by atoms with Crippen LogP contribution >= 0.6 is 0 Å². The molecule has 4 heteroatoms. The first-order chi connectivity index (χ1) is 5.36. The molecule has 0 fully saturated rings. The molecule has 0 saturated heterocycles. The highest BCUT2D eigenvalue weighted by Crippen LogP contribution is 1.90. The third kappa shape index (κ3) is 2.16. The number of nitrogens with zero attached hydrogens (tertiary/aromatic N) is 2. The van der Waals surface area contributed by atoms with Gasteiger partial charge in [-0.2, -0.15) is 5.10 Å². The summed E-state index contributed by atoms with van der Waals surface area (Å²) in [6, 6.07) is 1.67. The summed E-state index contributed by atoms with van der Waals surface area (Å²) < 4.78 is 6.51. The van der Waals surface area contributed by atoms with Gasteiger partial charge in [-0.05, 0) is 6.07 Å². The van der Waals surface area contributed by atoms with E-state index in [-0.39, 0.29) is 0 Å². The largest absolute Gasteiger partial charge is 0.383 e. The van der Waals surface area contributed by atoms with Gasteiger partial charge >= 0.3 is 0 Å². The highest BCUT2D eigenvalue weighted by molar-refractivity contribution is 5.71. The van der Waals surface area contributed by atoms with E-state index in [0.717, 1.165) is 6.29 Å². The maximum absolute atomic E-state index is 10.2. The summed E-state index contributed by atoms with van der Waals surface area (Å²) in [5.41, 5.74) is 0.459. The molecule has 1 heterocycles. The molecule has 1 aromatic rings. The molecule has 0 N–H and O–H groups in total. The first-order valence-corrected chi connectivity index (χ1v) is 3.34. The van der Waals surface area contributed by atoms with E-state index in [4.69, 9.17) is 4.74 Å². The predicted molar refractivity (Wildman–Crippen MR) is 39.5 cm³/mol. The van der Waals surface area contributed by atoms with Crippen molar-refractivity contribution in [1.29, 1.82) is 0 Å². The zero-order chi connectivity index (χ0) is 8.10. The molecular formula is C7H10N2O2. The number of methoxy groups -OCH3 is 1. The lowest BCUT2D eigenvalue weighted by Crippen LogP contribution is -2.04. The van der Waals surface area contributed by atoms with Crippen molar-refractivity contribution in [3.05, 3.63) is 18.0 Å². The van der Waals surface area contributed by atoms with E-state index >= 15 is 0 Å². The molecule has 0 spiro atoms. The van der Waals surface area contributed by atoms with Crippen LogP contribution in [0.3, 0.4) is 0 Å². The number of aromatic nitrogens is 2. The van der Waals surface area contributed by atoms with Crippen LogP contribution in [0, 0.1) is 0 Å². The van der Waals surface area contributed by atoms with Crippen LogP contribution in [0.15, 0.2) is 12.3 Å². The van der Waals surface area contributed by atoms with Crippen LogP contribution in [-0.2, 0) is 11.3 Å². The molecule has 0 radical (unpaired) electrons. The molecule has 0 amide bonds. The summed E-state index contributed by atoms with van der Waals surface area (Å²) in [7, 11) is 1.63. The monoisotopic (exact) mass is 154 g/mol. The molecule has 0 atom stereocenters. The average molecular weight is 154 g/mol. The van der Waals surface area contributed by atoms with E-state index in [2.05, 4.69) is 5.10 Å². The number of hydrogen-bond donors (Lipinski definition) is 0. The molecule has 60 valence electrons. The van der Waals surface area contributed by atoms with Gasteiger partial charge in [0, 0.05) is 13.3 Å². The molecule has 0 aromatic carbocycles. The zero-order valence-electron chi connectivity index (χ0n) is 6.36. The van der Waals surface area contributed by atoms with E-state index < -0.39 is 0 Å². The van der Waals surface area contributed by atoms with Crippen molar-refractivity contribution < 1.29 is 9.53 Å². The first-order valence-electron chi connectivity index (χ1n) is 3.34. The lowest BCUT2D eigenvalue weighted by molar-refractivity contribution is 0.111. The van der Waals surface area contributed by atoms with Gasteiger partial charge in [0.2, 0.25) is 0 Å². The van der Waals surface area contributed by atoms with Gasteiger partial charge in [0.1, 0.15) is 5.69 Å². The van der Waals surface area contributed by atoms with Gasteiger partial charge in [-0.1, -0.05) is 0 Å². The average Bonchev–Trinajstić information content (AvgIpc) is 2.48. The van der Waals surface area contributed by atoms with Crippen molar-refractivity contribution in [2.24, 2.45) is 0 Å². The van der Waals surface area contributed by atoms with Gasteiger partial charge in [-0.25, -0.2) is 0 Å². The number of hydrogen-bond acceptors (Lipinski definition) is 3. The molecule has 1 aromatic heterocycles. The highest BCUT2D eigenvalue weighted by Gasteiger charge is 1.94. The van der Waals surface area contributed by atoms with Crippen molar-refractivity contribution >= 4 is 6.29 Å². The summed E-state index contributed by atoms with van der Waals surface area (Å²) in [4.78, 5) is 10.2. The summed E-state index contributed by atoms with van der Waals surface area (Å²) in [6.07, 6.45) is 2.48. The Hall–Kier alpha value is -1.16. The van der Waals surface area contributed by atoms with E-state index in [9.17, 15) is 4.79 Å². The van der Waals surface area contributed by atoms with Crippen LogP contribution in [0.2, 0.25) is 0 Å². The van der Waals surface area contributed by atoms with Gasteiger partial charge in [0.05, 0.1) is 13.2 Å². The van der Waals surface area contributed by atoms with Gasteiger partial charge in [-0.3, -0.25) is 9.48 Å². The van der Waals surface area contributed by atoms with Crippen LogP contribution in [0.1, 0.15) is 10.5 Å². The van der Waals surface area contributed by atoms with Gasteiger partial charge in [-0.15, -0.1) is 0 Å². The fourth-order valence-electron chi connectivity index (χ4n) is 0.750. The molecule has 0 bridgehead atoms. The molecule has 0 saturated carbocycles. The smallest absolute Gasteiger partial charge is 0.170 e. The summed E-state index contributed by atoms with van der Waals surface area (Å²) in [6.45, 7) is 1.30. The van der Waals surface area contributed by atoms with Crippen molar-refractivity contribution in [1.82, 2.24) is 9.78 Å². The molecule has 4 nitrogen and oxygen atoms in total. The Labute approximate surface area is 64.8 Å². The van der Waals surface area contributed by atoms with E-state index in [1.165, 1.54) is 0 Å². The van der Waals surface area contributed by atoms with Crippen LogP contribution < -0.4 is 0 Å². The fraction of sp³-hybridized carbons (Fsp3) is 0.429. The Bertz CT molecular complexity index is 232. The second-order valence-corrected chi connectivity index (χ2v) is 2.11. The maximum atomic E-state index is 10.2. The Balaban J connectivity index is 2.51. The van der Waals surface area contributed by atoms with Crippen molar-refractivity contribution in [3.8, 4) is 0 Å². The van der Waals surface area contributed by atoms with Gasteiger partial charge in [0.25, 0.3) is 0 Å². The molecule has 1 rings (SSSR count). The number of carbonyl (C=O) groups excluding carboxylic acids is 1. The standard InChI is InChI=1S/C7H10N2O2/c1-11-5-4-9-3-2-7(6-10)8-9/h2-3,6H,4-5H2,1H3. The molecule has 0 aliphatic carbocycles. The van der Waals surface area contributed by atoms with Crippen LogP contribution in [0.25, 0.3) is 0 Å². The zero-order valence-corrected chi connectivity index (χ0v) is 6.36. The minimum absolute atomic E-state index is 0.459. The fourth-order valence-corrected chi connectivity index (χ4v) is 0.750. The quantitative estimate of drug-likeness (QED) is 0.587. The van der Waals surface area contributed by atoms with Gasteiger partial charge < -0.3 is 4.74 Å². The molecular weight excluding hydrogens is 144 g/mol. The Morgan fingerprint density at radius 3 is 3.18 bits per heavy atom. The molecule has 0 aliphatic heterocycles. The Kier molecular flexibility index (Phi) is 2.80. The summed E-state index contributed by atoms with van der Waals surface area (Å²) in [5, 5.41) is 3.93. The molecule has 11 heavy (non-hydrogen) atoms. The third-order valence-electron chi connectivity index (χ3n) is 1.31. The first kappa shape index (κ1) is 7.94. The van der Waals surface area contributed by atoms with Crippen LogP contribution in [-0.4, -0.2) is 29.8 Å². The minimum atomic E-state index is 0.459. The van der Waals surface area contributed by atoms with E-state index in [1.54, 1.807) is 24.1 Å². The van der Waals surface area contributed by atoms with Crippen LogP contribution in [0.4, 0.5) is 0 Å². The highest BCUT2D eigenvalue weighted by atomic mass is 16.5. The second-order valence-electron chi connectivity index (χ2n) is 2.11.